The van der Waals surface area contributed by atoms with Gasteiger partial charge in [-0.3, -0.25) is 4.99 Å². The van der Waals surface area contributed by atoms with E-state index in [9.17, 15) is 4.79 Å². The Bertz CT molecular complexity index is 709. The first kappa shape index (κ1) is 23.8. The first-order valence-corrected chi connectivity index (χ1v) is 10.7. The molecule has 30 heavy (non-hydrogen) atoms. The predicted molar refractivity (Wildman–Crippen MR) is 119 cm³/mol. The van der Waals surface area contributed by atoms with Gasteiger partial charge in [-0.2, -0.15) is 0 Å². The van der Waals surface area contributed by atoms with E-state index < -0.39 is 5.60 Å². The standard InChI is InChI=1S/C22H37N5O3/c1-7-26(21(28)30-22(2,3)4)16-17-9-12-27(13-10-17)20(23-5)25-15-18-8-11-24-19(14-18)29-6/h8,11,14,17H,7,9-10,12-13,15-16H2,1-6H3,(H,23,25). The van der Waals surface area contributed by atoms with E-state index in [1.54, 1.807) is 13.3 Å². The van der Waals surface area contributed by atoms with Crippen molar-refractivity contribution in [3.8, 4) is 5.88 Å². The van der Waals surface area contributed by atoms with Crippen molar-refractivity contribution in [3.05, 3.63) is 23.9 Å². The largest absolute Gasteiger partial charge is 0.481 e. The number of ether oxygens (including phenoxy) is 2. The van der Waals surface area contributed by atoms with Gasteiger partial charge in [-0.1, -0.05) is 0 Å². The van der Waals surface area contributed by atoms with E-state index >= 15 is 0 Å². The van der Waals surface area contributed by atoms with Crippen LogP contribution in [0.4, 0.5) is 4.79 Å². The Morgan fingerprint density at radius 1 is 1.37 bits per heavy atom. The van der Waals surface area contributed by atoms with Gasteiger partial charge in [-0.05, 0) is 58.1 Å². The van der Waals surface area contributed by atoms with Crippen LogP contribution >= 0.6 is 0 Å². The second-order valence-corrected chi connectivity index (χ2v) is 8.56. The maximum absolute atomic E-state index is 12.4. The van der Waals surface area contributed by atoms with E-state index in [-0.39, 0.29) is 6.09 Å². The van der Waals surface area contributed by atoms with Crippen LogP contribution < -0.4 is 10.1 Å². The van der Waals surface area contributed by atoms with Crippen molar-refractivity contribution in [1.82, 2.24) is 20.1 Å². The van der Waals surface area contributed by atoms with Gasteiger partial charge in [0, 0.05) is 52.0 Å². The number of methoxy groups -OCH3 is 1. The molecule has 1 saturated heterocycles. The van der Waals surface area contributed by atoms with Gasteiger partial charge in [0.25, 0.3) is 0 Å². The molecule has 0 saturated carbocycles. The van der Waals surface area contributed by atoms with Crippen LogP contribution in [-0.2, 0) is 11.3 Å². The fourth-order valence-corrected chi connectivity index (χ4v) is 3.48. The number of nitrogens with zero attached hydrogens (tertiary/aromatic N) is 4. The zero-order valence-electron chi connectivity index (χ0n) is 19.3. The van der Waals surface area contributed by atoms with Crippen molar-refractivity contribution in [2.45, 2.75) is 52.7 Å². The SMILES string of the molecule is CCN(CC1CCN(C(=NC)NCc2ccnc(OC)c2)CC1)C(=O)OC(C)(C)C. The third-order valence-electron chi connectivity index (χ3n) is 5.10. The number of guanidine groups is 1. The minimum Gasteiger partial charge on any atom is -0.481 e. The summed E-state index contributed by atoms with van der Waals surface area (Å²) >= 11 is 0. The van der Waals surface area contributed by atoms with Gasteiger partial charge in [-0.25, -0.2) is 9.78 Å². The number of aromatic nitrogens is 1. The molecule has 2 rings (SSSR count). The van der Waals surface area contributed by atoms with Crippen molar-refractivity contribution in [2.75, 3.05) is 40.3 Å². The summed E-state index contributed by atoms with van der Waals surface area (Å²) in [5.41, 5.74) is 0.624. The number of pyridine rings is 1. The van der Waals surface area contributed by atoms with Gasteiger partial charge >= 0.3 is 6.09 Å². The Morgan fingerprint density at radius 3 is 2.63 bits per heavy atom. The van der Waals surface area contributed by atoms with Crippen LogP contribution in [0.1, 0.15) is 46.1 Å². The highest BCUT2D eigenvalue weighted by Crippen LogP contribution is 2.20. The van der Waals surface area contributed by atoms with Gasteiger partial charge in [0.1, 0.15) is 5.60 Å². The summed E-state index contributed by atoms with van der Waals surface area (Å²) in [6, 6.07) is 3.88. The van der Waals surface area contributed by atoms with Crippen LogP contribution in [0.2, 0.25) is 0 Å². The molecule has 0 aromatic carbocycles. The molecule has 0 aliphatic carbocycles. The van der Waals surface area contributed by atoms with E-state index in [2.05, 4.69) is 20.2 Å². The topological polar surface area (TPSA) is 79.3 Å². The number of nitrogens with one attached hydrogen (secondary N) is 1. The predicted octanol–water partition coefficient (Wildman–Crippen LogP) is 3.13. The number of amides is 1. The Balaban J connectivity index is 1.83. The molecule has 168 valence electrons. The lowest BCUT2D eigenvalue weighted by Crippen LogP contribution is -2.47. The molecule has 1 fully saturated rings. The molecule has 0 bridgehead atoms. The molecule has 1 amide bonds. The molecule has 0 unspecified atom stereocenters. The van der Waals surface area contributed by atoms with Crippen LogP contribution in [0.5, 0.6) is 5.88 Å². The first-order valence-electron chi connectivity index (χ1n) is 10.7. The molecule has 1 aromatic rings. The van der Waals surface area contributed by atoms with Crippen LogP contribution in [0.3, 0.4) is 0 Å². The fourth-order valence-electron chi connectivity index (χ4n) is 3.48. The molecule has 0 radical (unpaired) electrons. The first-order chi connectivity index (χ1) is 14.3. The Labute approximate surface area is 180 Å². The molecule has 0 spiro atoms. The number of likely N-dealkylation sites (tertiary alicyclic amines) is 1. The zero-order valence-corrected chi connectivity index (χ0v) is 19.3. The molecule has 1 aliphatic rings. The number of rotatable bonds is 6. The molecule has 8 nitrogen and oxygen atoms in total. The van der Waals surface area contributed by atoms with Crippen molar-refractivity contribution in [2.24, 2.45) is 10.9 Å². The lowest BCUT2D eigenvalue weighted by atomic mass is 9.96. The third-order valence-corrected chi connectivity index (χ3v) is 5.10. The highest BCUT2D eigenvalue weighted by molar-refractivity contribution is 5.80. The van der Waals surface area contributed by atoms with E-state index in [0.717, 1.165) is 44.0 Å². The van der Waals surface area contributed by atoms with Crippen molar-refractivity contribution in [1.29, 1.82) is 0 Å². The second-order valence-electron chi connectivity index (χ2n) is 8.56. The second kappa shape index (κ2) is 11.0. The fraction of sp³-hybridized carbons (Fsp3) is 0.682. The minimum absolute atomic E-state index is 0.224. The average molecular weight is 420 g/mol. The normalized spacial score (nSPS) is 15.7. The van der Waals surface area contributed by atoms with Gasteiger partial charge in [-0.15, -0.1) is 0 Å². The van der Waals surface area contributed by atoms with Gasteiger partial charge in [0.2, 0.25) is 5.88 Å². The summed E-state index contributed by atoms with van der Waals surface area (Å²) < 4.78 is 10.7. The molecule has 1 N–H and O–H groups in total. The summed E-state index contributed by atoms with van der Waals surface area (Å²) in [4.78, 5) is 25.1. The summed E-state index contributed by atoms with van der Waals surface area (Å²) in [6.45, 7) is 11.6. The Morgan fingerprint density at radius 2 is 2.07 bits per heavy atom. The van der Waals surface area contributed by atoms with E-state index in [0.29, 0.717) is 24.9 Å². The molecular formula is C22H37N5O3. The van der Waals surface area contributed by atoms with Crippen molar-refractivity contribution < 1.29 is 14.3 Å². The van der Waals surface area contributed by atoms with Crippen LogP contribution in [-0.4, -0.2) is 72.8 Å². The number of carbonyl (C=O) groups excluding carboxylic acids is 1. The van der Waals surface area contributed by atoms with Gasteiger partial charge < -0.3 is 24.6 Å². The lowest BCUT2D eigenvalue weighted by Gasteiger charge is -2.36. The zero-order chi connectivity index (χ0) is 22.1. The molecular weight excluding hydrogens is 382 g/mol. The third kappa shape index (κ3) is 7.39. The molecule has 2 heterocycles. The maximum atomic E-state index is 12.4. The summed E-state index contributed by atoms with van der Waals surface area (Å²) in [7, 11) is 3.42. The quantitative estimate of drug-likeness (QED) is 0.564. The van der Waals surface area contributed by atoms with Gasteiger partial charge in [0.05, 0.1) is 7.11 Å². The number of hydrogen-bond donors (Lipinski definition) is 1. The molecule has 1 aromatic heterocycles. The molecule has 1 aliphatic heterocycles. The Kier molecular flexibility index (Phi) is 8.74. The Hall–Kier alpha value is -2.51. The van der Waals surface area contributed by atoms with Crippen molar-refractivity contribution >= 4 is 12.1 Å². The highest BCUT2D eigenvalue weighted by atomic mass is 16.6. The van der Waals surface area contributed by atoms with Gasteiger partial charge in [0.15, 0.2) is 5.96 Å². The van der Waals surface area contributed by atoms with Crippen molar-refractivity contribution in [3.63, 3.8) is 0 Å². The minimum atomic E-state index is -0.467. The highest BCUT2D eigenvalue weighted by Gasteiger charge is 2.27. The summed E-state index contributed by atoms with van der Waals surface area (Å²) in [5, 5.41) is 3.43. The van der Waals surface area contributed by atoms with E-state index in [4.69, 9.17) is 9.47 Å². The monoisotopic (exact) mass is 419 g/mol. The van der Waals surface area contributed by atoms with E-state index in [1.165, 1.54) is 0 Å². The number of piperidine rings is 1. The van der Waals surface area contributed by atoms with Crippen LogP contribution in [0.15, 0.2) is 23.3 Å². The average Bonchev–Trinajstić information content (AvgIpc) is 2.72. The number of hydrogen-bond acceptors (Lipinski definition) is 5. The summed E-state index contributed by atoms with van der Waals surface area (Å²) in [6.07, 6.45) is 3.55. The lowest BCUT2D eigenvalue weighted by molar-refractivity contribution is 0.0214. The maximum Gasteiger partial charge on any atom is 0.410 e. The van der Waals surface area contributed by atoms with Crippen LogP contribution in [0.25, 0.3) is 0 Å². The van der Waals surface area contributed by atoms with Crippen LogP contribution in [0, 0.1) is 5.92 Å². The molecule has 0 atom stereocenters. The number of aliphatic imine (C=N–C) groups is 1. The van der Waals surface area contributed by atoms with E-state index in [1.807, 2.05) is 51.8 Å². The molecule has 8 heteroatoms. The smallest absolute Gasteiger partial charge is 0.410 e. The number of carbonyl (C=O) groups is 1. The summed E-state index contributed by atoms with van der Waals surface area (Å²) in [5.74, 6) is 1.97.